The average molecular weight is 831 g/mol. The van der Waals surface area contributed by atoms with Crippen LogP contribution in [-0.2, 0) is 14.3 Å². The second-order valence-corrected chi connectivity index (χ2v) is 19.9. The van der Waals surface area contributed by atoms with E-state index in [1.54, 1.807) is 0 Å². The van der Waals surface area contributed by atoms with Crippen LogP contribution in [0.5, 0.6) is 0 Å². The van der Waals surface area contributed by atoms with E-state index in [1.165, 1.54) is 308 Å². The van der Waals surface area contributed by atoms with Crippen molar-refractivity contribution in [3.63, 3.8) is 0 Å². The SMILES string of the molecule is CCCCCCCCCCCCCCCCCCCCCCCCCCCCCCCCCCCCCCCCCCCCCCCCCCCOC1OC(=O)CC1C. The Hall–Kier alpha value is -0.570. The topological polar surface area (TPSA) is 35.5 Å². The van der Waals surface area contributed by atoms with Crippen LogP contribution in [0, 0.1) is 5.92 Å². The third kappa shape index (κ3) is 43.9. The molecule has 0 bridgehead atoms. The van der Waals surface area contributed by atoms with Gasteiger partial charge in [-0.1, -0.05) is 322 Å². The van der Waals surface area contributed by atoms with E-state index < -0.39 is 0 Å². The third-order valence-electron chi connectivity index (χ3n) is 13.7. The van der Waals surface area contributed by atoms with Crippen molar-refractivity contribution in [2.75, 3.05) is 6.61 Å². The maximum absolute atomic E-state index is 11.3. The smallest absolute Gasteiger partial charge is 0.308 e. The predicted molar refractivity (Wildman–Crippen MR) is 262 cm³/mol. The van der Waals surface area contributed by atoms with E-state index in [1.807, 2.05) is 6.92 Å². The Labute approximate surface area is 372 Å². The van der Waals surface area contributed by atoms with E-state index in [2.05, 4.69) is 6.92 Å². The van der Waals surface area contributed by atoms with Gasteiger partial charge >= 0.3 is 5.97 Å². The van der Waals surface area contributed by atoms with Crippen molar-refractivity contribution in [2.24, 2.45) is 5.92 Å². The first-order valence-corrected chi connectivity index (χ1v) is 28.0. The fourth-order valence-electron chi connectivity index (χ4n) is 9.53. The molecular weight excluding hydrogens is 721 g/mol. The second kappa shape index (κ2) is 48.5. The molecule has 1 aliphatic rings. The number of rotatable bonds is 51. The normalized spacial score (nSPS) is 15.5. The van der Waals surface area contributed by atoms with Crippen LogP contribution in [0.15, 0.2) is 0 Å². The first kappa shape index (κ1) is 56.4. The van der Waals surface area contributed by atoms with Crippen LogP contribution in [0.1, 0.15) is 335 Å². The summed E-state index contributed by atoms with van der Waals surface area (Å²) in [6.07, 6.45) is 71.5. The lowest BCUT2D eigenvalue weighted by atomic mass is 10.0. The largest absolute Gasteiger partial charge is 0.435 e. The molecule has 1 fully saturated rings. The molecule has 0 N–H and O–H groups in total. The van der Waals surface area contributed by atoms with Crippen molar-refractivity contribution >= 4 is 5.97 Å². The van der Waals surface area contributed by atoms with Gasteiger partial charge in [-0.15, -0.1) is 0 Å². The lowest BCUT2D eigenvalue weighted by Crippen LogP contribution is -2.18. The first-order chi connectivity index (χ1) is 29.2. The van der Waals surface area contributed by atoms with Gasteiger partial charge in [-0.3, -0.25) is 4.79 Å². The highest BCUT2D eigenvalue weighted by Crippen LogP contribution is 2.23. The monoisotopic (exact) mass is 831 g/mol. The molecule has 0 spiro atoms. The predicted octanol–water partition coefficient (Wildman–Crippen LogP) is 20.0. The average Bonchev–Trinajstić information content (AvgIpc) is 3.57. The van der Waals surface area contributed by atoms with Crippen LogP contribution >= 0.6 is 0 Å². The summed E-state index contributed by atoms with van der Waals surface area (Å²) in [6, 6.07) is 0. The Bertz CT molecular complexity index is 796. The molecule has 0 aromatic carbocycles. The fourth-order valence-corrected chi connectivity index (χ4v) is 9.53. The minimum atomic E-state index is -0.297. The Kier molecular flexibility index (Phi) is 46.4. The second-order valence-electron chi connectivity index (χ2n) is 19.9. The van der Waals surface area contributed by atoms with Gasteiger partial charge in [0.25, 0.3) is 0 Å². The number of esters is 1. The summed E-state index contributed by atoms with van der Waals surface area (Å²) in [5.41, 5.74) is 0. The molecule has 1 heterocycles. The summed E-state index contributed by atoms with van der Waals surface area (Å²) in [7, 11) is 0. The zero-order valence-electron chi connectivity index (χ0n) is 40.9. The molecule has 0 saturated carbocycles. The molecular formula is C56H110O3. The quantitative estimate of drug-likeness (QED) is 0.0452. The Morgan fingerprint density at radius 2 is 0.525 bits per heavy atom. The molecule has 0 aromatic rings. The van der Waals surface area contributed by atoms with Gasteiger partial charge in [0.15, 0.2) is 0 Å². The number of hydrogen-bond donors (Lipinski definition) is 0. The summed E-state index contributed by atoms with van der Waals surface area (Å²) in [6.45, 7) is 5.07. The minimum absolute atomic E-state index is 0.111. The standard InChI is InChI=1S/C56H110O3/c1-3-4-5-6-7-8-9-10-11-12-13-14-15-16-17-18-19-20-21-22-23-24-25-26-27-28-29-30-31-32-33-34-35-36-37-38-39-40-41-42-43-44-45-46-47-48-49-50-51-52-58-56-54(2)53-55(57)59-56/h54,56H,3-53H2,1-2H3. The van der Waals surface area contributed by atoms with Crippen LogP contribution in [0.3, 0.4) is 0 Å². The lowest BCUT2D eigenvalue weighted by molar-refractivity contribution is -0.166. The van der Waals surface area contributed by atoms with E-state index in [0.29, 0.717) is 6.42 Å². The molecule has 3 nitrogen and oxygen atoms in total. The number of carbonyl (C=O) groups is 1. The van der Waals surface area contributed by atoms with Gasteiger partial charge in [-0.25, -0.2) is 0 Å². The number of ether oxygens (including phenoxy) is 2. The number of hydrogen-bond acceptors (Lipinski definition) is 3. The summed E-state index contributed by atoms with van der Waals surface area (Å²) in [5, 5.41) is 0. The molecule has 1 saturated heterocycles. The van der Waals surface area contributed by atoms with Crippen LogP contribution in [0.25, 0.3) is 0 Å². The Morgan fingerprint density at radius 1 is 0.339 bits per heavy atom. The van der Waals surface area contributed by atoms with E-state index in [-0.39, 0.29) is 18.2 Å². The van der Waals surface area contributed by atoms with Gasteiger partial charge < -0.3 is 9.47 Å². The highest BCUT2D eigenvalue weighted by Gasteiger charge is 2.31. The molecule has 0 radical (unpaired) electrons. The van der Waals surface area contributed by atoms with Gasteiger partial charge in [0.05, 0.1) is 13.0 Å². The van der Waals surface area contributed by atoms with Crippen LogP contribution in [0.2, 0.25) is 0 Å². The van der Waals surface area contributed by atoms with Gasteiger partial charge in [0.1, 0.15) is 0 Å². The third-order valence-corrected chi connectivity index (χ3v) is 13.7. The highest BCUT2D eigenvalue weighted by atomic mass is 16.7. The van der Waals surface area contributed by atoms with Crippen molar-refractivity contribution in [1.29, 1.82) is 0 Å². The van der Waals surface area contributed by atoms with Gasteiger partial charge in [0.2, 0.25) is 6.29 Å². The Morgan fingerprint density at radius 3 is 0.695 bits per heavy atom. The molecule has 1 rings (SSSR count). The highest BCUT2D eigenvalue weighted by molar-refractivity contribution is 5.71. The molecule has 2 atom stereocenters. The number of cyclic esters (lactones) is 1. The minimum Gasteiger partial charge on any atom is -0.435 e. The van der Waals surface area contributed by atoms with Gasteiger partial charge in [-0.2, -0.15) is 0 Å². The molecule has 1 aliphatic heterocycles. The number of carbonyl (C=O) groups excluding carboxylic acids is 1. The van der Waals surface area contributed by atoms with Crippen LogP contribution < -0.4 is 0 Å². The van der Waals surface area contributed by atoms with E-state index in [4.69, 9.17) is 9.47 Å². The summed E-state index contributed by atoms with van der Waals surface area (Å²) >= 11 is 0. The van der Waals surface area contributed by atoms with E-state index in [0.717, 1.165) is 13.0 Å². The summed E-state index contributed by atoms with van der Waals surface area (Å²) in [5.74, 6) is 0.0969. The molecule has 352 valence electrons. The van der Waals surface area contributed by atoms with E-state index in [9.17, 15) is 4.79 Å². The fraction of sp³-hybridized carbons (Fsp3) is 0.982. The summed E-state index contributed by atoms with van der Waals surface area (Å²) < 4.78 is 10.9. The van der Waals surface area contributed by atoms with Crippen LogP contribution in [0.4, 0.5) is 0 Å². The molecule has 59 heavy (non-hydrogen) atoms. The Balaban J connectivity index is 1.60. The zero-order chi connectivity index (χ0) is 42.2. The van der Waals surface area contributed by atoms with Crippen molar-refractivity contribution in [1.82, 2.24) is 0 Å². The molecule has 2 unspecified atom stereocenters. The first-order valence-electron chi connectivity index (χ1n) is 28.0. The van der Waals surface area contributed by atoms with Gasteiger partial charge in [0, 0.05) is 5.92 Å². The molecule has 0 amide bonds. The molecule has 0 aliphatic carbocycles. The zero-order valence-corrected chi connectivity index (χ0v) is 40.9. The van der Waals surface area contributed by atoms with Gasteiger partial charge in [-0.05, 0) is 6.42 Å². The van der Waals surface area contributed by atoms with Crippen LogP contribution in [-0.4, -0.2) is 18.9 Å². The van der Waals surface area contributed by atoms with Crippen molar-refractivity contribution in [2.45, 2.75) is 341 Å². The molecule has 0 aromatic heterocycles. The maximum Gasteiger partial charge on any atom is 0.308 e. The van der Waals surface area contributed by atoms with Crippen molar-refractivity contribution in [3.8, 4) is 0 Å². The van der Waals surface area contributed by atoms with E-state index >= 15 is 0 Å². The van der Waals surface area contributed by atoms with Crippen molar-refractivity contribution < 1.29 is 14.3 Å². The maximum atomic E-state index is 11.3. The lowest BCUT2D eigenvalue weighted by Gasteiger charge is -2.14. The van der Waals surface area contributed by atoms with Crippen molar-refractivity contribution in [3.05, 3.63) is 0 Å². The number of unbranched alkanes of at least 4 members (excludes halogenated alkanes) is 48. The summed E-state index contributed by atoms with van der Waals surface area (Å²) in [4.78, 5) is 11.3. The molecule has 3 heteroatoms.